The number of carbonyl (C=O) groups is 5. The van der Waals surface area contributed by atoms with Crippen LogP contribution < -0.4 is 20.7 Å². The van der Waals surface area contributed by atoms with E-state index in [4.69, 9.17) is 4.74 Å². The average Bonchev–Trinajstić information content (AvgIpc) is 3.35. The second kappa shape index (κ2) is 13.6. The van der Waals surface area contributed by atoms with Crippen molar-refractivity contribution in [2.45, 2.75) is 44.8 Å². The lowest BCUT2D eigenvalue weighted by atomic mass is 10.1. The molecule has 212 valence electrons. The van der Waals surface area contributed by atoms with Crippen molar-refractivity contribution in [3.05, 3.63) is 65.2 Å². The first-order valence-corrected chi connectivity index (χ1v) is 13.5. The first-order chi connectivity index (χ1) is 19.3. The molecule has 0 aliphatic carbocycles. The van der Waals surface area contributed by atoms with Gasteiger partial charge in [-0.25, -0.2) is 0 Å². The summed E-state index contributed by atoms with van der Waals surface area (Å²) >= 11 is 0. The molecule has 5 amide bonds. The summed E-state index contributed by atoms with van der Waals surface area (Å²) in [4.78, 5) is 66.5. The van der Waals surface area contributed by atoms with Crippen LogP contribution >= 0.6 is 0 Å². The van der Waals surface area contributed by atoms with Gasteiger partial charge in [0.05, 0.1) is 18.5 Å². The van der Waals surface area contributed by atoms with Gasteiger partial charge in [0.25, 0.3) is 5.91 Å². The number of hydrogen-bond donors (Lipinski definition) is 3. The first kappa shape index (κ1) is 28.6. The summed E-state index contributed by atoms with van der Waals surface area (Å²) in [5.41, 5.74) is 2.05. The Morgan fingerprint density at radius 2 is 1.73 bits per heavy atom. The van der Waals surface area contributed by atoms with Crippen molar-refractivity contribution < 1.29 is 28.7 Å². The van der Waals surface area contributed by atoms with Crippen molar-refractivity contribution in [3.63, 3.8) is 0 Å². The van der Waals surface area contributed by atoms with Gasteiger partial charge in [0.1, 0.15) is 18.4 Å². The monoisotopic (exact) mass is 549 g/mol. The summed E-state index contributed by atoms with van der Waals surface area (Å²) in [5, 5.41) is 8.13. The minimum Gasteiger partial charge on any atom is -0.491 e. The van der Waals surface area contributed by atoms with Crippen LogP contribution in [-0.4, -0.2) is 78.7 Å². The van der Waals surface area contributed by atoms with Gasteiger partial charge in [0, 0.05) is 46.1 Å². The molecule has 0 saturated carbocycles. The quantitative estimate of drug-likeness (QED) is 0.509. The summed E-state index contributed by atoms with van der Waals surface area (Å²) in [6.45, 7) is 2.11. The topological polar surface area (TPSA) is 137 Å². The van der Waals surface area contributed by atoms with E-state index in [0.717, 1.165) is 24.1 Å². The van der Waals surface area contributed by atoms with E-state index in [2.05, 4.69) is 16.0 Å². The summed E-state index contributed by atoms with van der Waals surface area (Å²) < 4.78 is 5.77. The third kappa shape index (κ3) is 7.81. The van der Waals surface area contributed by atoms with Crippen LogP contribution in [0.3, 0.4) is 0 Å². The van der Waals surface area contributed by atoms with Crippen LogP contribution in [0.4, 0.5) is 0 Å². The fraction of sp³-hybridized carbons (Fsp3) is 0.414. The van der Waals surface area contributed by atoms with E-state index in [0.29, 0.717) is 25.3 Å². The predicted octanol–water partition coefficient (Wildman–Crippen LogP) is 0.971. The Kier molecular flexibility index (Phi) is 9.71. The minimum atomic E-state index is -1.15. The lowest BCUT2D eigenvalue weighted by Gasteiger charge is -2.19. The standard InChI is InChI=1S/C29H35N5O6/c1-33-15-16-40-24-6-3-2-5-22(24)28(38)32-23(17-25(35)30-13-12-26(33)36)29(39)31-18-20-8-10-21(11-9-20)19-34-14-4-7-27(34)37/h2-3,5-6,8-11,23H,4,7,12-19H2,1H3,(H,30,35)(H,31,39)(H,32,38)/t23-/m0/s1. The molecule has 0 aromatic heterocycles. The van der Waals surface area contributed by atoms with E-state index in [9.17, 15) is 24.0 Å². The second-order valence-corrected chi connectivity index (χ2v) is 9.94. The molecule has 0 unspecified atom stereocenters. The Morgan fingerprint density at radius 1 is 0.975 bits per heavy atom. The highest BCUT2D eigenvalue weighted by atomic mass is 16.5. The third-order valence-electron chi connectivity index (χ3n) is 6.95. The van der Waals surface area contributed by atoms with E-state index in [-0.39, 0.29) is 49.9 Å². The predicted molar refractivity (Wildman–Crippen MR) is 146 cm³/mol. The second-order valence-electron chi connectivity index (χ2n) is 9.94. The maximum Gasteiger partial charge on any atom is 0.255 e. The molecule has 11 nitrogen and oxygen atoms in total. The normalized spacial score (nSPS) is 19.1. The Morgan fingerprint density at radius 3 is 2.48 bits per heavy atom. The van der Waals surface area contributed by atoms with Gasteiger partial charge in [0.15, 0.2) is 0 Å². The van der Waals surface area contributed by atoms with Crippen molar-refractivity contribution in [2.24, 2.45) is 0 Å². The molecular formula is C29H35N5O6. The molecule has 2 aliphatic heterocycles. The van der Waals surface area contributed by atoms with Gasteiger partial charge in [-0.3, -0.25) is 24.0 Å². The molecular weight excluding hydrogens is 514 g/mol. The Labute approximate surface area is 233 Å². The van der Waals surface area contributed by atoms with Crippen LogP contribution in [0.25, 0.3) is 0 Å². The number of benzene rings is 2. The van der Waals surface area contributed by atoms with Crippen molar-refractivity contribution in [1.29, 1.82) is 0 Å². The number of likely N-dealkylation sites (tertiary alicyclic amines) is 1. The summed E-state index contributed by atoms with van der Waals surface area (Å²) in [6, 6.07) is 13.1. The molecule has 3 N–H and O–H groups in total. The van der Waals surface area contributed by atoms with Crippen molar-refractivity contribution in [2.75, 3.05) is 33.3 Å². The zero-order valence-electron chi connectivity index (χ0n) is 22.6. The fourth-order valence-corrected chi connectivity index (χ4v) is 4.57. The van der Waals surface area contributed by atoms with Gasteiger partial charge >= 0.3 is 0 Å². The molecule has 1 fully saturated rings. The van der Waals surface area contributed by atoms with Gasteiger partial charge < -0.3 is 30.5 Å². The number of ether oxygens (including phenoxy) is 1. The molecule has 2 aromatic carbocycles. The SMILES string of the molecule is CN1CCOc2ccccc2C(=O)N[C@H](C(=O)NCc2ccc(CN3CCCC3=O)cc2)CC(=O)NCCC1=O. The van der Waals surface area contributed by atoms with Gasteiger partial charge in [-0.05, 0) is 29.7 Å². The molecule has 2 aromatic rings. The molecule has 2 aliphatic rings. The van der Waals surface area contributed by atoms with Crippen LogP contribution in [0.2, 0.25) is 0 Å². The number of hydrogen-bond acceptors (Lipinski definition) is 6. The highest BCUT2D eigenvalue weighted by Crippen LogP contribution is 2.19. The van der Waals surface area contributed by atoms with E-state index in [1.807, 2.05) is 29.2 Å². The number of amides is 5. The summed E-state index contributed by atoms with van der Waals surface area (Å²) in [6.07, 6.45) is 1.28. The molecule has 0 radical (unpaired) electrons. The van der Waals surface area contributed by atoms with Crippen molar-refractivity contribution in [1.82, 2.24) is 25.8 Å². The maximum absolute atomic E-state index is 13.2. The Hall–Kier alpha value is -4.41. The molecule has 2 heterocycles. The number of carbonyl (C=O) groups excluding carboxylic acids is 5. The van der Waals surface area contributed by atoms with Crippen LogP contribution in [0.15, 0.2) is 48.5 Å². The molecule has 0 spiro atoms. The van der Waals surface area contributed by atoms with E-state index in [1.54, 1.807) is 31.3 Å². The van der Waals surface area contributed by atoms with Gasteiger partial charge in [0.2, 0.25) is 23.6 Å². The van der Waals surface area contributed by atoms with Crippen LogP contribution in [0.1, 0.15) is 47.2 Å². The lowest BCUT2D eigenvalue weighted by molar-refractivity contribution is -0.131. The molecule has 0 bridgehead atoms. The first-order valence-electron chi connectivity index (χ1n) is 13.5. The maximum atomic E-state index is 13.2. The third-order valence-corrected chi connectivity index (χ3v) is 6.95. The number of likely N-dealkylation sites (N-methyl/N-ethyl adjacent to an activating group) is 1. The van der Waals surface area contributed by atoms with E-state index < -0.39 is 23.8 Å². The molecule has 1 atom stereocenters. The van der Waals surface area contributed by atoms with Crippen LogP contribution in [0.5, 0.6) is 5.75 Å². The van der Waals surface area contributed by atoms with E-state index >= 15 is 0 Å². The van der Waals surface area contributed by atoms with Crippen LogP contribution in [0, 0.1) is 0 Å². The number of nitrogens with one attached hydrogen (secondary N) is 3. The fourth-order valence-electron chi connectivity index (χ4n) is 4.57. The lowest BCUT2D eigenvalue weighted by Crippen LogP contribution is -2.49. The highest BCUT2D eigenvalue weighted by Gasteiger charge is 2.26. The average molecular weight is 550 g/mol. The zero-order valence-corrected chi connectivity index (χ0v) is 22.6. The minimum absolute atomic E-state index is 0.101. The van der Waals surface area contributed by atoms with Gasteiger partial charge in [-0.15, -0.1) is 0 Å². The number of nitrogens with zero attached hydrogens (tertiary/aromatic N) is 2. The molecule has 4 rings (SSSR count). The smallest absolute Gasteiger partial charge is 0.255 e. The van der Waals surface area contributed by atoms with Crippen molar-refractivity contribution in [3.8, 4) is 5.75 Å². The van der Waals surface area contributed by atoms with Crippen molar-refractivity contribution >= 4 is 29.5 Å². The number of fused-ring (bicyclic) bond motifs is 1. The Balaban J connectivity index is 1.42. The van der Waals surface area contributed by atoms with E-state index in [1.165, 1.54) is 4.90 Å². The molecule has 11 heteroatoms. The highest BCUT2D eigenvalue weighted by molar-refractivity contribution is 6.00. The van der Waals surface area contributed by atoms with Crippen LogP contribution in [-0.2, 0) is 32.3 Å². The number of rotatable bonds is 5. The van der Waals surface area contributed by atoms with Gasteiger partial charge in [-0.2, -0.15) is 0 Å². The number of para-hydroxylation sites is 1. The molecule has 1 saturated heterocycles. The summed E-state index contributed by atoms with van der Waals surface area (Å²) in [7, 11) is 1.65. The largest absolute Gasteiger partial charge is 0.491 e. The Bertz CT molecular complexity index is 1250. The van der Waals surface area contributed by atoms with Gasteiger partial charge in [-0.1, -0.05) is 36.4 Å². The summed E-state index contributed by atoms with van der Waals surface area (Å²) in [5.74, 6) is -1.22. The zero-order chi connectivity index (χ0) is 28.5. The molecule has 40 heavy (non-hydrogen) atoms.